The van der Waals surface area contributed by atoms with Gasteiger partial charge in [-0.25, -0.2) is 0 Å². The summed E-state index contributed by atoms with van der Waals surface area (Å²) in [4.78, 5) is 24.8. The lowest BCUT2D eigenvalue weighted by atomic mass is 10.1. The van der Waals surface area contributed by atoms with Crippen LogP contribution < -0.4 is 20.1 Å². The van der Waals surface area contributed by atoms with Gasteiger partial charge in [-0.3, -0.25) is 9.59 Å². The van der Waals surface area contributed by atoms with E-state index in [0.717, 1.165) is 24.2 Å². The summed E-state index contributed by atoms with van der Waals surface area (Å²) in [5.41, 5.74) is 1.42. The van der Waals surface area contributed by atoms with Gasteiger partial charge in [-0.05, 0) is 69.4 Å². The van der Waals surface area contributed by atoms with E-state index in [1.54, 1.807) is 38.3 Å². The molecule has 1 aliphatic carbocycles. The van der Waals surface area contributed by atoms with Gasteiger partial charge in [-0.1, -0.05) is 24.3 Å². The normalized spacial score (nSPS) is 15.8. The zero-order valence-corrected chi connectivity index (χ0v) is 17.8. The van der Waals surface area contributed by atoms with E-state index in [-0.39, 0.29) is 24.0 Å². The predicted molar refractivity (Wildman–Crippen MR) is 116 cm³/mol. The summed E-state index contributed by atoms with van der Waals surface area (Å²) in [6, 6.07) is 13.7. The third-order valence-electron chi connectivity index (χ3n) is 5.42. The van der Waals surface area contributed by atoms with Gasteiger partial charge in [-0.2, -0.15) is 0 Å². The van der Waals surface area contributed by atoms with Crippen molar-refractivity contribution in [3.63, 3.8) is 0 Å². The Balaban J connectivity index is 1.59. The lowest BCUT2D eigenvalue weighted by molar-refractivity contribution is -0.123. The van der Waals surface area contributed by atoms with Crippen molar-refractivity contribution in [3.05, 3.63) is 59.7 Å². The molecule has 2 aromatic carbocycles. The molecule has 0 spiro atoms. The molecule has 6 heteroatoms. The topological polar surface area (TPSA) is 76.7 Å². The lowest BCUT2D eigenvalue weighted by Gasteiger charge is -2.21. The summed E-state index contributed by atoms with van der Waals surface area (Å²) in [6.45, 7) is 3.57. The van der Waals surface area contributed by atoms with Gasteiger partial charge in [-0.15, -0.1) is 0 Å². The molecule has 0 heterocycles. The van der Waals surface area contributed by atoms with Gasteiger partial charge in [0.15, 0.2) is 11.5 Å². The summed E-state index contributed by atoms with van der Waals surface area (Å²) in [6.07, 6.45) is 4.80. The summed E-state index contributed by atoms with van der Waals surface area (Å²) < 4.78 is 11.6. The highest BCUT2D eigenvalue weighted by atomic mass is 16.5. The van der Waals surface area contributed by atoms with Crippen LogP contribution in [0, 0.1) is 0 Å². The molecule has 0 aromatic heterocycles. The first-order valence-electron chi connectivity index (χ1n) is 10.5. The minimum Gasteiger partial charge on any atom is -0.493 e. The molecular formula is C24H30N2O4. The van der Waals surface area contributed by atoms with Crippen molar-refractivity contribution in [1.29, 1.82) is 0 Å². The van der Waals surface area contributed by atoms with Gasteiger partial charge in [0.25, 0.3) is 5.91 Å². The van der Waals surface area contributed by atoms with Crippen molar-refractivity contribution < 1.29 is 19.1 Å². The monoisotopic (exact) mass is 410 g/mol. The van der Waals surface area contributed by atoms with Gasteiger partial charge in [0.2, 0.25) is 5.91 Å². The molecule has 2 unspecified atom stereocenters. The Morgan fingerprint density at radius 2 is 1.67 bits per heavy atom. The van der Waals surface area contributed by atoms with Crippen LogP contribution in [0.25, 0.3) is 0 Å². The maximum atomic E-state index is 12.6. The van der Waals surface area contributed by atoms with Gasteiger partial charge in [0.05, 0.1) is 19.3 Å². The fourth-order valence-electron chi connectivity index (χ4n) is 3.59. The Kier molecular flexibility index (Phi) is 7.33. The Labute approximate surface area is 178 Å². The maximum Gasteiger partial charge on any atom is 0.251 e. The molecule has 0 saturated heterocycles. The van der Waals surface area contributed by atoms with Crippen LogP contribution in [-0.2, 0) is 4.79 Å². The number of methoxy groups -OCH3 is 1. The Hall–Kier alpha value is -3.02. The second kappa shape index (κ2) is 10.1. The summed E-state index contributed by atoms with van der Waals surface area (Å²) in [5, 5.41) is 5.68. The van der Waals surface area contributed by atoms with Crippen molar-refractivity contribution in [3.8, 4) is 11.5 Å². The molecule has 1 aliphatic rings. The number of nitrogens with one attached hydrogen (secondary N) is 2. The van der Waals surface area contributed by atoms with E-state index in [2.05, 4.69) is 10.6 Å². The average Bonchev–Trinajstić information content (AvgIpc) is 3.27. The molecule has 3 rings (SSSR count). The highest BCUT2D eigenvalue weighted by molar-refractivity contribution is 5.97. The average molecular weight is 411 g/mol. The molecule has 0 bridgehead atoms. The van der Waals surface area contributed by atoms with E-state index in [9.17, 15) is 9.59 Å². The van der Waals surface area contributed by atoms with Gasteiger partial charge in [0, 0.05) is 5.56 Å². The number of benzene rings is 2. The lowest BCUT2D eigenvalue weighted by Crippen LogP contribution is -2.45. The fourth-order valence-corrected chi connectivity index (χ4v) is 3.59. The molecule has 160 valence electrons. The molecule has 2 aromatic rings. The first kappa shape index (κ1) is 21.7. The van der Waals surface area contributed by atoms with Gasteiger partial charge >= 0.3 is 0 Å². The minimum atomic E-state index is -0.660. The molecule has 0 radical (unpaired) electrons. The molecule has 2 N–H and O–H groups in total. The number of carbonyl (C=O) groups excluding carboxylic acids is 2. The van der Waals surface area contributed by atoms with Crippen LogP contribution >= 0.6 is 0 Å². The molecule has 2 atom stereocenters. The largest absolute Gasteiger partial charge is 0.493 e. The van der Waals surface area contributed by atoms with Gasteiger partial charge in [0.1, 0.15) is 6.04 Å². The molecule has 30 heavy (non-hydrogen) atoms. The van der Waals surface area contributed by atoms with E-state index < -0.39 is 6.04 Å². The standard InChI is InChI=1S/C24H30N2O4/c1-16(25-23(27)17(2)26-24(28)18-9-5-4-6-10-18)19-13-14-21(22(15-19)29-3)30-20-11-7-8-12-20/h4-6,9-10,13-17,20H,7-8,11-12H2,1-3H3,(H,25,27)(H,26,28). The number of hydrogen-bond donors (Lipinski definition) is 2. The molecule has 1 fully saturated rings. The number of rotatable bonds is 8. The first-order valence-corrected chi connectivity index (χ1v) is 10.5. The Morgan fingerprint density at radius 1 is 0.967 bits per heavy atom. The minimum absolute atomic E-state index is 0.246. The van der Waals surface area contributed by atoms with Crippen molar-refractivity contribution in [2.24, 2.45) is 0 Å². The van der Waals surface area contributed by atoms with Gasteiger partial charge < -0.3 is 20.1 Å². The van der Waals surface area contributed by atoms with Crippen molar-refractivity contribution in [2.75, 3.05) is 7.11 Å². The second-order valence-electron chi connectivity index (χ2n) is 7.73. The SMILES string of the molecule is COc1cc(C(C)NC(=O)C(C)NC(=O)c2ccccc2)ccc1OC1CCCC1. The highest BCUT2D eigenvalue weighted by Gasteiger charge is 2.21. The van der Waals surface area contributed by atoms with E-state index in [1.165, 1.54) is 12.8 Å². The summed E-state index contributed by atoms with van der Waals surface area (Å²) in [5.74, 6) is 0.860. The fraction of sp³-hybridized carbons (Fsp3) is 0.417. The Morgan fingerprint density at radius 3 is 2.33 bits per heavy atom. The second-order valence-corrected chi connectivity index (χ2v) is 7.73. The number of hydrogen-bond acceptors (Lipinski definition) is 4. The van der Waals surface area contributed by atoms with Crippen LogP contribution in [0.4, 0.5) is 0 Å². The summed E-state index contributed by atoms with van der Waals surface area (Å²) >= 11 is 0. The predicted octanol–water partition coefficient (Wildman–Crippen LogP) is 4.01. The molecule has 1 saturated carbocycles. The van der Waals surface area contributed by atoms with Crippen LogP contribution in [0.2, 0.25) is 0 Å². The molecule has 0 aliphatic heterocycles. The highest BCUT2D eigenvalue weighted by Crippen LogP contribution is 2.33. The zero-order chi connectivity index (χ0) is 21.5. The van der Waals surface area contributed by atoms with Crippen LogP contribution in [0.1, 0.15) is 61.5 Å². The number of ether oxygens (including phenoxy) is 2. The van der Waals surface area contributed by atoms with Crippen LogP contribution in [0.5, 0.6) is 11.5 Å². The third-order valence-corrected chi connectivity index (χ3v) is 5.42. The first-order chi connectivity index (χ1) is 14.5. The summed E-state index contributed by atoms with van der Waals surface area (Å²) in [7, 11) is 1.62. The van der Waals surface area contributed by atoms with E-state index in [1.807, 2.05) is 31.2 Å². The quantitative estimate of drug-likeness (QED) is 0.689. The maximum absolute atomic E-state index is 12.6. The van der Waals surface area contributed by atoms with Crippen LogP contribution in [0.15, 0.2) is 48.5 Å². The zero-order valence-electron chi connectivity index (χ0n) is 17.8. The van der Waals surface area contributed by atoms with Crippen molar-refractivity contribution >= 4 is 11.8 Å². The van der Waals surface area contributed by atoms with Crippen molar-refractivity contribution in [2.45, 2.75) is 57.7 Å². The molecule has 6 nitrogen and oxygen atoms in total. The number of amides is 2. The Bertz CT molecular complexity index is 863. The van der Waals surface area contributed by atoms with Crippen molar-refractivity contribution in [1.82, 2.24) is 10.6 Å². The van der Waals surface area contributed by atoms with Crippen LogP contribution in [0.3, 0.4) is 0 Å². The smallest absolute Gasteiger partial charge is 0.251 e. The van der Waals surface area contributed by atoms with E-state index in [0.29, 0.717) is 11.3 Å². The molecular weight excluding hydrogens is 380 g/mol. The van der Waals surface area contributed by atoms with E-state index in [4.69, 9.17) is 9.47 Å². The number of carbonyl (C=O) groups is 2. The molecule has 2 amide bonds. The van der Waals surface area contributed by atoms with Crippen LogP contribution in [-0.4, -0.2) is 31.1 Å². The van der Waals surface area contributed by atoms with E-state index >= 15 is 0 Å². The third kappa shape index (κ3) is 5.53.